The number of aromatic nitrogens is 2. The summed E-state index contributed by atoms with van der Waals surface area (Å²) in [6.07, 6.45) is 2.44. The molecular weight excluding hydrogens is 296 g/mol. The summed E-state index contributed by atoms with van der Waals surface area (Å²) < 4.78 is 2.31. The van der Waals surface area contributed by atoms with Crippen molar-refractivity contribution in [3.05, 3.63) is 25.6 Å². The molecule has 2 aromatic rings. The van der Waals surface area contributed by atoms with E-state index >= 15 is 0 Å². The van der Waals surface area contributed by atoms with Gasteiger partial charge >= 0.3 is 0 Å². The van der Waals surface area contributed by atoms with Crippen molar-refractivity contribution in [2.75, 3.05) is 5.75 Å². The van der Waals surface area contributed by atoms with E-state index in [1.807, 2.05) is 25.6 Å². The molecule has 0 spiro atoms. The van der Waals surface area contributed by atoms with Crippen molar-refractivity contribution in [2.45, 2.75) is 38.5 Å². The highest BCUT2D eigenvalue weighted by Crippen LogP contribution is 2.28. The Kier molecular flexibility index (Phi) is 3.57. The third-order valence-corrected chi connectivity index (χ3v) is 6.55. The van der Waals surface area contributed by atoms with Crippen LogP contribution in [0.4, 0.5) is 0 Å². The quantitative estimate of drug-likeness (QED) is 0.861. The van der Waals surface area contributed by atoms with Crippen LogP contribution in [0.5, 0.6) is 0 Å². The fourth-order valence-electron chi connectivity index (χ4n) is 2.52. The zero-order valence-electron chi connectivity index (χ0n) is 11.0. The van der Waals surface area contributed by atoms with Crippen molar-refractivity contribution >= 4 is 45.5 Å². The van der Waals surface area contributed by atoms with Crippen LogP contribution < -0.4 is 5.56 Å². The van der Waals surface area contributed by atoms with Gasteiger partial charge in [-0.15, -0.1) is 11.3 Å². The molecule has 1 aliphatic rings. The number of thioether (sulfide) groups is 1. The second kappa shape index (κ2) is 5.07. The van der Waals surface area contributed by atoms with E-state index in [1.165, 1.54) is 23.5 Å². The minimum absolute atomic E-state index is 0.0769. The standard InChI is InChI=1S/C13H16N2OS3/c1-7-8(2)19-11-10(7)12(16)15(13(17)14-11)6-9-4-3-5-18-9/h9H,3-6H2,1-2H3,(H,14,17). The van der Waals surface area contributed by atoms with Crippen LogP contribution in [0.3, 0.4) is 0 Å². The van der Waals surface area contributed by atoms with E-state index in [1.54, 1.807) is 15.9 Å². The van der Waals surface area contributed by atoms with Gasteiger partial charge in [0.2, 0.25) is 0 Å². The average Bonchev–Trinajstić information content (AvgIpc) is 2.95. The van der Waals surface area contributed by atoms with Gasteiger partial charge < -0.3 is 4.98 Å². The number of fused-ring (bicyclic) bond motifs is 1. The second-order valence-electron chi connectivity index (χ2n) is 4.97. The molecule has 3 nitrogen and oxygen atoms in total. The Morgan fingerprint density at radius 2 is 2.26 bits per heavy atom. The van der Waals surface area contributed by atoms with Crippen molar-refractivity contribution < 1.29 is 0 Å². The van der Waals surface area contributed by atoms with Gasteiger partial charge in [-0.05, 0) is 50.2 Å². The molecule has 1 fully saturated rings. The molecule has 102 valence electrons. The lowest BCUT2D eigenvalue weighted by molar-refractivity contribution is 0.609. The van der Waals surface area contributed by atoms with Crippen molar-refractivity contribution in [3.63, 3.8) is 0 Å². The molecule has 0 saturated carbocycles. The first-order valence-electron chi connectivity index (χ1n) is 6.42. The summed E-state index contributed by atoms with van der Waals surface area (Å²) in [7, 11) is 0. The molecule has 1 N–H and O–H groups in total. The topological polar surface area (TPSA) is 37.8 Å². The minimum atomic E-state index is 0.0769. The Hall–Kier alpha value is -0.590. The molecule has 3 rings (SSSR count). The minimum Gasteiger partial charge on any atom is -0.323 e. The van der Waals surface area contributed by atoms with Crippen LogP contribution in [-0.2, 0) is 6.54 Å². The van der Waals surface area contributed by atoms with Gasteiger partial charge in [-0.3, -0.25) is 9.36 Å². The van der Waals surface area contributed by atoms with E-state index in [9.17, 15) is 4.79 Å². The number of H-pyrrole nitrogens is 1. The number of rotatable bonds is 2. The van der Waals surface area contributed by atoms with Gasteiger partial charge in [0.1, 0.15) is 4.83 Å². The molecule has 0 radical (unpaired) electrons. The Morgan fingerprint density at radius 3 is 2.95 bits per heavy atom. The van der Waals surface area contributed by atoms with Crippen molar-refractivity contribution in [3.8, 4) is 0 Å². The third-order valence-electron chi connectivity index (χ3n) is 3.72. The van der Waals surface area contributed by atoms with Crippen LogP contribution in [0.25, 0.3) is 10.2 Å². The highest BCUT2D eigenvalue weighted by Gasteiger charge is 2.19. The smallest absolute Gasteiger partial charge is 0.263 e. The van der Waals surface area contributed by atoms with Crippen LogP contribution in [0, 0.1) is 18.6 Å². The normalized spacial score (nSPS) is 19.4. The molecule has 19 heavy (non-hydrogen) atoms. The maximum atomic E-state index is 12.6. The van der Waals surface area contributed by atoms with Crippen LogP contribution in [0.2, 0.25) is 0 Å². The van der Waals surface area contributed by atoms with Gasteiger partial charge in [0.15, 0.2) is 4.77 Å². The molecule has 0 bridgehead atoms. The molecule has 0 amide bonds. The van der Waals surface area contributed by atoms with Crippen LogP contribution in [0.15, 0.2) is 4.79 Å². The zero-order valence-corrected chi connectivity index (χ0v) is 13.4. The Bertz CT molecular complexity index is 735. The SMILES string of the molecule is Cc1sc2[nH]c(=S)n(CC3CCCS3)c(=O)c2c1C. The number of aryl methyl sites for hydroxylation is 2. The maximum absolute atomic E-state index is 12.6. The maximum Gasteiger partial charge on any atom is 0.263 e. The van der Waals surface area contributed by atoms with Gasteiger partial charge in [-0.25, -0.2) is 0 Å². The van der Waals surface area contributed by atoms with E-state index in [0.717, 1.165) is 22.3 Å². The molecule has 1 saturated heterocycles. The highest BCUT2D eigenvalue weighted by atomic mass is 32.2. The van der Waals surface area contributed by atoms with Crippen LogP contribution in [-0.4, -0.2) is 20.6 Å². The van der Waals surface area contributed by atoms with Crippen molar-refractivity contribution in [1.29, 1.82) is 0 Å². The molecule has 6 heteroatoms. The molecule has 1 unspecified atom stereocenters. The first-order chi connectivity index (χ1) is 9.08. The molecule has 1 aliphatic heterocycles. The monoisotopic (exact) mass is 312 g/mol. The molecular formula is C13H16N2OS3. The van der Waals surface area contributed by atoms with Crippen molar-refractivity contribution in [1.82, 2.24) is 9.55 Å². The van der Waals surface area contributed by atoms with Crippen LogP contribution >= 0.6 is 35.3 Å². The highest BCUT2D eigenvalue weighted by molar-refractivity contribution is 8.00. The molecule has 2 aromatic heterocycles. The van der Waals surface area contributed by atoms with Gasteiger partial charge in [0.05, 0.1) is 5.39 Å². The summed E-state index contributed by atoms with van der Waals surface area (Å²) in [6.45, 7) is 4.80. The van der Waals surface area contributed by atoms with Gasteiger partial charge in [-0.2, -0.15) is 11.8 Å². The van der Waals surface area contributed by atoms with Gasteiger partial charge in [0, 0.05) is 16.7 Å². The summed E-state index contributed by atoms with van der Waals surface area (Å²) >= 11 is 8.93. The van der Waals surface area contributed by atoms with Crippen LogP contribution in [0.1, 0.15) is 23.3 Å². The molecule has 0 aliphatic carbocycles. The number of hydrogen-bond acceptors (Lipinski definition) is 4. The first kappa shape index (κ1) is 13.4. The molecule has 1 atom stereocenters. The van der Waals surface area contributed by atoms with Gasteiger partial charge in [0.25, 0.3) is 5.56 Å². The largest absolute Gasteiger partial charge is 0.323 e. The summed E-state index contributed by atoms with van der Waals surface area (Å²) in [4.78, 5) is 18.0. The number of nitrogens with zero attached hydrogens (tertiary/aromatic N) is 1. The Balaban J connectivity index is 2.16. The van der Waals surface area contributed by atoms with E-state index in [2.05, 4.69) is 4.98 Å². The van der Waals surface area contributed by atoms with Crippen molar-refractivity contribution in [2.24, 2.45) is 0 Å². The summed E-state index contributed by atoms with van der Waals surface area (Å²) in [6, 6.07) is 0. The lowest BCUT2D eigenvalue weighted by Gasteiger charge is -2.11. The number of aromatic amines is 1. The Morgan fingerprint density at radius 1 is 1.47 bits per heavy atom. The number of thiophene rings is 1. The average molecular weight is 312 g/mol. The predicted octanol–water partition coefficient (Wildman–Crippen LogP) is 3.63. The number of hydrogen-bond donors (Lipinski definition) is 1. The lowest BCUT2D eigenvalue weighted by Crippen LogP contribution is -2.26. The van der Waals surface area contributed by atoms with Gasteiger partial charge in [-0.1, -0.05) is 0 Å². The van der Waals surface area contributed by atoms with E-state index in [-0.39, 0.29) is 5.56 Å². The zero-order chi connectivity index (χ0) is 13.6. The third kappa shape index (κ3) is 2.30. The number of nitrogens with one attached hydrogen (secondary N) is 1. The Labute approximate surface area is 125 Å². The fourth-order valence-corrected chi connectivity index (χ4v) is 5.15. The first-order valence-corrected chi connectivity index (χ1v) is 8.69. The van der Waals surface area contributed by atoms with E-state index in [4.69, 9.17) is 12.2 Å². The summed E-state index contributed by atoms with van der Waals surface area (Å²) in [5.41, 5.74) is 1.16. The summed E-state index contributed by atoms with van der Waals surface area (Å²) in [5, 5.41) is 1.35. The predicted molar refractivity (Wildman–Crippen MR) is 86.2 cm³/mol. The molecule has 0 aromatic carbocycles. The fraction of sp³-hybridized carbons (Fsp3) is 0.538. The lowest BCUT2D eigenvalue weighted by atomic mass is 10.2. The second-order valence-corrected chi connectivity index (χ2v) is 7.99. The molecule has 3 heterocycles. The summed E-state index contributed by atoms with van der Waals surface area (Å²) in [5.74, 6) is 1.20. The van der Waals surface area contributed by atoms with E-state index < -0.39 is 0 Å². The van der Waals surface area contributed by atoms with E-state index in [0.29, 0.717) is 10.0 Å².